The zero-order valence-corrected chi connectivity index (χ0v) is 12.6. The molecular formula is C14H15BrFNO3. The molecule has 0 aliphatic carbocycles. The van der Waals surface area contributed by atoms with Crippen LogP contribution in [0.3, 0.4) is 0 Å². The number of carbonyl (C=O) groups is 2. The van der Waals surface area contributed by atoms with Crippen molar-refractivity contribution >= 4 is 27.8 Å². The maximum absolute atomic E-state index is 14.0. The van der Waals surface area contributed by atoms with E-state index in [1.165, 1.54) is 17.0 Å². The quantitative estimate of drug-likeness (QED) is 0.917. The van der Waals surface area contributed by atoms with E-state index in [9.17, 15) is 19.1 Å². The van der Waals surface area contributed by atoms with Crippen molar-refractivity contribution < 1.29 is 19.1 Å². The van der Waals surface area contributed by atoms with Gasteiger partial charge in [0.05, 0.1) is 10.0 Å². The molecule has 4 nitrogen and oxygen atoms in total. The smallest absolute Gasteiger partial charge is 0.329 e. The van der Waals surface area contributed by atoms with Crippen molar-refractivity contribution in [2.45, 2.75) is 31.7 Å². The summed E-state index contributed by atoms with van der Waals surface area (Å²) in [4.78, 5) is 25.3. The molecule has 1 amide bonds. The van der Waals surface area contributed by atoms with E-state index in [1.54, 1.807) is 13.0 Å². The molecule has 0 spiro atoms. The number of hydrogen-bond acceptors (Lipinski definition) is 2. The van der Waals surface area contributed by atoms with Crippen molar-refractivity contribution in [2.75, 3.05) is 6.54 Å². The number of nitrogens with zero attached hydrogens (tertiary/aromatic N) is 1. The highest BCUT2D eigenvalue weighted by Gasteiger charge is 2.49. The summed E-state index contributed by atoms with van der Waals surface area (Å²) in [6.45, 7) is 2.07. The minimum absolute atomic E-state index is 0.0969. The van der Waals surface area contributed by atoms with Gasteiger partial charge >= 0.3 is 5.97 Å². The molecule has 0 aromatic heterocycles. The van der Waals surface area contributed by atoms with Crippen molar-refractivity contribution in [1.82, 2.24) is 4.90 Å². The number of carboxylic acids is 1. The van der Waals surface area contributed by atoms with E-state index in [4.69, 9.17) is 0 Å². The molecule has 0 radical (unpaired) electrons. The molecule has 1 saturated heterocycles. The minimum atomic E-state index is -1.22. The van der Waals surface area contributed by atoms with Crippen LogP contribution in [0.2, 0.25) is 0 Å². The first-order chi connectivity index (χ1) is 9.44. The summed E-state index contributed by atoms with van der Waals surface area (Å²) in [5, 5.41) is 9.46. The molecule has 1 N–H and O–H groups in total. The van der Waals surface area contributed by atoms with Crippen LogP contribution in [-0.2, 0) is 4.79 Å². The lowest BCUT2D eigenvalue weighted by Crippen LogP contribution is -2.52. The molecular weight excluding hydrogens is 329 g/mol. The van der Waals surface area contributed by atoms with Gasteiger partial charge in [-0.1, -0.05) is 13.0 Å². The van der Waals surface area contributed by atoms with E-state index in [0.717, 1.165) is 0 Å². The summed E-state index contributed by atoms with van der Waals surface area (Å²) in [6, 6.07) is 4.44. The average Bonchev–Trinajstić information content (AvgIpc) is 2.86. The van der Waals surface area contributed by atoms with Crippen LogP contribution in [0.1, 0.15) is 36.5 Å². The number of carboxylic acid groups (broad SMARTS) is 1. The number of likely N-dealkylation sites (tertiary alicyclic amines) is 1. The maximum Gasteiger partial charge on any atom is 0.329 e. The summed E-state index contributed by atoms with van der Waals surface area (Å²) in [5.74, 6) is -2.24. The summed E-state index contributed by atoms with van der Waals surface area (Å²) < 4.78 is 14.2. The summed E-state index contributed by atoms with van der Waals surface area (Å²) in [6.07, 6.45) is 1.32. The Bertz CT molecular complexity index is 563. The number of carbonyl (C=O) groups excluding carboxylic acids is 1. The standard InChI is InChI=1S/C14H15BrFNO3/c1-2-14(13(19)20)7-4-8-17(14)12(18)9-5-3-6-10(15)11(9)16/h3,5-6H,2,4,7-8H2,1H3,(H,19,20). The van der Waals surface area contributed by atoms with E-state index in [-0.39, 0.29) is 10.0 Å². The normalized spacial score (nSPS) is 22.1. The fraction of sp³-hybridized carbons (Fsp3) is 0.429. The largest absolute Gasteiger partial charge is 0.479 e. The topological polar surface area (TPSA) is 57.6 Å². The molecule has 0 saturated carbocycles. The van der Waals surface area contributed by atoms with Crippen LogP contribution in [0.5, 0.6) is 0 Å². The number of amides is 1. The Labute approximate surface area is 124 Å². The van der Waals surface area contributed by atoms with Crippen molar-refractivity contribution in [3.63, 3.8) is 0 Å². The molecule has 1 aliphatic rings. The Balaban J connectivity index is 2.42. The molecule has 6 heteroatoms. The van der Waals surface area contributed by atoms with E-state index in [0.29, 0.717) is 25.8 Å². The third-order valence-electron chi connectivity index (χ3n) is 3.90. The molecule has 2 rings (SSSR count). The van der Waals surface area contributed by atoms with Crippen molar-refractivity contribution in [3.8, 4) is 0 Å². The molecule has 1 unspecified atom stereocenters. The van der Waals surface area contributed by atoms with Gasteiger partial charge in [0, 0.05) is 6.54 Å². The van der Waals surface area contributed by atoms with Gasteiger partial charge in [-0.3, -0.25) is 4.79 Å². The van der Waals surface area contributed by atoms with Crippen molar-refractivity contribution in [2.24, 2.45) is 0 Å². The van der Waals surface area contributed by atoms with Gasteiger partial charge in [-0.25, -0.2) is 9.18 Å². The van der Waals surface area contributed by atoms with E-state index in [2.05, 4.69) is 15.9 Å². The average molecular weight is 344 g/mol. The Morgan fingerprint density at radius 1 is 1.50 bits per heavy atom. The number of benzene rings is 1. The van der Waals surface area contributed by atoms with Gasteiger partial charge in [-0.05, 0) is 47.3 Å². The van der Waals surface area contributed by atoms with Crippen molar-refractivity contribution in [1.29, 1.82) is 0 Å². The van der Waals surface area contributed by atoms with Crippen LogP contribution in [0.25, 0.3) is 0 Å². The highest BCUT2D eigenvalue weighted by Crippen LogP contribution is 2.34. The van der Waals surface area contributed by atoms with Crippen LogP contribution in [0.15, 0.2) is 22.7 Å². The zero-order valence-electron chi connectivity index (χ0n) is 11.0. The van der Waals surface area contributed by atoms with Crippen LogP contribution < -0.4 is 0 Å². The molecule has 1 aliphatic heterocycles. The number of halogens is 2. The van der Waals surface area contributed by atoms with Gasteiger partial charge in [0.2, 0.25) is 0 Å². The van der Waals surface area contributed by atoms with E-state index >= 15 is 0 Å². The third-order valence-corrected chi connectivity index (χ3v) is 4.51. The SMILES string of the molecule is CCC1(C(=O)O)CCCN1C(=O)c1cccc(Br)c1F. The first kappa shape index (κ1) is 15.0. The molecule has 1 aromatic rings. The van der Waals surface area contributed by atoms with E-state index < -0.39 is 23.2 Å². The lowest BCUT2D eigenvalue weighted by Gasteiger charge is -2.34. The Hall–Kier alpha value is -1.43. The summed E-state index contributed by atoms with van der Waals surface area (Å²) in [5.41, 5.74) is -1.31. The van der Waals surface area contributed by atoms with Gasteiger partial charge < -0.3 is 10.0 Å². The molecule has 1 heterocycles. The molecule has 1 atom stereocenters. The molecule has 1 fully saturated rings. The van der Waals surface area contributed by atoms with Gasteiger partial charge in [0.15, 0.2) is 0 Å². The fourth-order valence-electron chi connectivity index (χ4n) is 2.73. The second-order valence-corrected chi connectivity index (χ2v) is 5.71. The van der Waals surface area contributed by atoms with Gasteiger partial charge in [-0.2, -0.15) is 0 Å². The van der Waals surface area contributed by atoms with Crippen LogP contribution >= 0.6 is 15.9 Å². The van der Waals surface area contributed by atoms with Crippen LogP contribution in [-0.4, -0.2) is 34.0 Å². The molecule has 1 aromatic carbocycles. The van der Waals surface area contributed by atoms with Crippen molar-refractivity contribution in [3.05, 3.63) is 34.1 Å². The second-order valence-electron chi connectivity index (χ2n) is 4.85. The first-order valence-corrected chi connectivity index (χ1v) is 7.22. The van der Waals surface area contributed by atoms with Gasteiger partial charge in [0.25, 0.3) is 5.91 Å². The minimum Gasteiger partial charge on any atom is -0.479 e. The fourth-order valence-corrected chi connectivity index (χ4v) is 3.10. The van der Waals surface area contributed by atoms with Crippen LogP contribution in [0.4, 0.5) is 4.39 Å². The Morgan fingerprint density at radius 2 is 2.20 bits per heavy atom. The molecule has 0 bridgehead atoms. The monoisotopic (exact) mass is 343 g/mol. The predicted molar refractivity (Wildman–Crippen MR) is 75.0 cm³/mol. The van der Waals surface area contributed by atoms with E-state index in [1.807, 2.05) is 0 Å². The first-order valence-electron chi connectivity index (χ1n) is 6.43. The highest BCUT2D eigenvalue weighted by molar-refractivity contribution is 9.10. The lowest BCUT2D eigenvalue weighted by atomic mass is 9.92. The molecule has 20 heavy (non-hydrogen) atoms. The number of rotatable bonds is 3. The Morgan fingerprint density at radius 3 is 2.80 bits per heavy atom. The lowest BCUT2D eigenvalue weighted by molar-refractivity contribution is -0.148. The maximum atomic E-state index is 14.0. The predicted octanol–water partition coefficient (Wildman–Crippen LogP) is 3.06. The summed E-state index contributed by atoms with van der Waals surface area (Å²) >= 11 is 3.04. The Kier molecular flexibility index (Phi) is 4.13. The third kappa shape index (κ3) is 2.22. The highest BCUT2D eigenvalue weighted by atomic mass is 79.9. The number of hydrogen-bond donors (Lipinski definition) is 1. The summed E-state index contributed by atoms with van der Waals surface area (Å²) in [7, 11) is 0. The van der Waals surface area contributed by atoms with Crippen LogP contribution in [0, 0.1) is 5.82 Å². The van der Waals surface area contributed by atoms with Gasteiger partial charge in [-0.15, -0.1) is 0 Å². The number of aliphatic carboxylic acids is 1. The molecule has 108 valence electrons. The zero-order chi connectivity index (χ0) is 14.9. The van der Waals surface area contributed by atoms with Gasteiger partial charge in [0.1, 0.15) is 11.4 Å². The second kappa shape index (κ2) is 5.52.